The van der Waals surface area contributed by atoms with Gasteiger partial charge in [-0.15, -0.1) is 0 Å². The number of hydroxylamine groups is 2. The summed E-state index contributed by atoms with van der Waals surface area (Å²) in [6.45, 7) is 0.404. The van der Waals surface area contributed by atoms with Gasteiger partial charge in [0.1, 0.15) is 5.69 Å². The van der Waals surface area contributed by atoms with Crippen LogP contribution in [0.3, 0.4) is 0 Å². The Balaban J connectivity index is 1.77. The van der Waals surface area contributed by atoms with E-state index in [1.807, 2.05) is 12.1 Å². The molecule has 1 unspecified atom stereocenters. The SMILES string of the molecule is CON(CC1CCCc2ccccc21)C(=O)c1cc(C(=O)O)[nH]n1. The number of carboxylic acid groups (broad SMARTS) is 1. The van der Waals surface area contributed by atoms with Crippen molar-refractivity contribution in [3.8, 4) is 0 Å². The Morgan fingerprint density at radius 3 is 2.92 bits per heavy atom. The van der Waals surface area contributed by atoms with Crippen molar-refractivity contribution in [3.05, 3.63) is 52.8 Å². The number of aromatic nitrogens is 2. The number of benzene rings is 1. The molecule has 0 saturated carbocycles. The van der Waals surface area contributed by atoms with Gasteiger partial charge in [0.15, 0.2) is 5.69 Å². The fourth-order valence-electron chi connectivity index (χ4n) is 3.15. The molecular formula is C17H19N3O4. The van der Waals surface area contributed by atoms with Crippen LogP contribution in [0.1, 0.15) is 50.9 Å². The molecule has 126 valence electrons. The number of amides is 1. The highest BCUT2D eigenvalue weighted by molar-refractivity contribution is 5.94. The first-order chi connectivity index (χ1) is 11.6. The number of aromatic carboxylic acids is 1. The third-order valence-corrected chi connectivity index (χ3v) is 4.35. The van der Waals surface area contributed by atoms with Crippen molar-refractivity contribution in [2.45, 2.75) is 25.2 Å². The van der Waals surface area contributed by atoms with E-state index in [9.17, 15) is 9.59 Å². The van der Waals surface area contributed by atoms with Crippen LogP contribution >= 0.6 is 0 Å². The highest BCUT2D eigenvalue weighted by Crippen LogP contribution is 2.32. The lowest BCUT2D eigenvalue weighted by atomic mass is 9.83. The Morgan fingerprint density at radius 2 is 2.21 bits per heavy atom. The number of aryl methyl sites for hydroxylation is 1. The summed E-state index contributed by atoms with van der Waals surface area (Å²) in [5.41, 5.74) is 2.45. The highest BCUT2D eigenvalue weighted by atomic mass is 16.7. The lowest BCUT2D eigenvalue weighted by molar-refractivity contribution is -0.0992. The number of nitrogens with zero attached hydrogens (tertiary/aromatic N) is 2. The first kappa shape index (κ1) is 16.2. The van der Waals surface area contributed by atoms with E-state index in [0.29, 0.717) is 6.54 Å². The first-order valence-corrected chi connectivity index (χ1v) is 7.82. The largest absolute Gasteiger partial charge is 0.477 e. The molecule has 1 amide bonds. The lowest BCUT2D eigenvalue weighted by Crippen LogP contribution is -2.35. The van der Waals surface area contributed by atoms with Gasteiger partial charge in [0.05, 0.1) is 13.7 Å². The van der Waals surface area contributed by atoms with E-state index in [-0.39, 0.29) is 17.3 Å². The summed E-state index contributed by atoms with van der Waals surface area (Å²) in [4.78, 5) is 28.7. The lowest BCUT2D eigenvalue weighted by Gasteiger charge is -2.29. The van der Waals surface area contributed by atoms with E-state index in [4.69, 9.17) is 9.94 Å². The summed E-state index contributed by atoms with van der Waals surface area (Å²) in [6, 6.07) is 9.45. The monoisotopic (exact) mass is 329 g/mol. The molecule has 1 atom stereocenters. The van der Waals surface area contributed by atoms with Crippen LogP contribution < -0.4 is 0 Å². The summed E-state index contributed by atoms with van der Waals surface area (Å²) < 4.78 is 0. The predicted molar refractivity (Wildman–Crippen MR) is 85.7 cm³/mol. The van der Waals surface area contributed by atoms with Gasteiger partial charge in [0.25, 0.3) is 5.91 Å². The molecular weight excluding hydrogens is 310 g/mol. The average Bonchev–Trinajstić information content (AvgIpc) is 3.09. The van der Waals surface area contributed by atoms with Gasteiger partial charge in [-0.3, -0.25) is 14.7 Å². The molecule has 7 nitrogen and oxygen atoms in total. The van der Waals surface area contributed by atoms with Crippen molar-refractivity contribution in [3.63, 3.8) is 0 Å². The van der Waals surface area contributed by atoms with Crippen molar-refractivity contribution < 1.29 is 19.5 Å². The maximum Gasteiger partial charge on any atom is 0.353 e. The molecule has 1 heterocycles. The molecule has 24 heavy (non-hydrogen) atoms. The Kier molecular flexibility index (Phi) is 4.61. The van der Waals surface area contributed by atoms with E-state index < -0.39 is 11.9 Å². The summed E-state index contributed by atoms with van der Waals surface area (Å²) in [7, 11) is 1.43. The fraction of sp³-hybridized carbons (Fsp3) is 0.353. The summed E-state index contributed by atoms with van der Waals surface area (Å²) in [6.07, 6.45) is 3.10. The van der Waals surface area contributed by atoms with Gasteiger partial charge in [-0.2, -0.15) is 5.10 Å². The number of H-pyrrole nitrogens is 1. The van der Waals surface area contributed by atoms with Crippen molar-refractivity contribution in [2.75, 3.05) is 13.7 Å². The number of carbonyl (C=O) groups is 2. The number of aromatic amines is 1. The molecule has 3 rings (SSSR count). The van der Waals surface area contributed by atoms with Crippen LogP contribution in [0.25, 0.3) is 0 Å². The maximum absolute atomic E-state index is 12.5. The van der Waals surface area contributed by atoms with Crippen molar-refractivity contribution in [2.24, 2.45) is 0 Å². The van der Waals surface area contributed by atoms with Crippen LogP contribution in [0, 0.1) is 0 Å². The minimum absolute atomic E-state index is 0.0262. The number of carboxylic acids is 1. The molecule has 1 aliphatic rings. The molecule has 1 aromatic carbocycles. The van der Waals surface area contributed by atoms with E-state index in [2.05, 4.69) is 22.3 Å². The van der Waals surface area contributed by atoms with Crippen LogP contribution in [0.4, 0.5) is 0 Å². The topological polar surface area (TPSA) is 95.5 Å². The number of nitrogens with one attached hydrogen (secondary N) is 1. The summed E-state index contributed by atoms with van der Waals surface area (Å²) in [5, 5.41) is 16.3. The Morgan fingerprint density at radius 1 is 1.42 bits per heavy atom. The second-order valence-corrected chi connectivity index (χ2v) is 5.81. The number of hydrogen-bond donors (Lipinski definition) is 2. The van der Waals surface area contributed by atoms with Gasteiger partial charge < -0.3 is 5.11 Å². The number of hydrogen-bond acceptors (Lipinski definition) is 4. The maximum atomic E-state index is 12.5. The second kappa shape index (κ2) is 6.84. The molecule has 0 saturated heterocycles. The smallest absolute Gasteiger partial charge is 0.353 e. The quantitative estimate of drug-likeness (QED) is 0.820. The molecule has 7 heteroatoms. The van der Waals surface area contributed by atoms with Crippen LogP contribution in [0.2, 0.25) is 0 Å². The number of carbonyl (C=O) groups excluding carboxylic acids is 1. The van der Waals surface area contributed by atoms with Crippen molar-refractivity contribution in [1.82, 2.24) is 15.3 Å². The second-order valence-electron chi connectivity index (χ2n) is 5.81. The zero-order chi connectivity index (χ0) is 17.1. The molecule has 1 aromatic heterocycles. The van der Waals surface area contributed by atoms with Crippen molar-refractivity contribution >= 4 is 11.9 Å². The van der Waals surface area contributed by atoms with Crippen LogP contribution in [0.5, 0.6) is 0 Å². The van der Waals surface area contributed by atoms with Gasteiger partial charge in [-0.25, -0.2) is 9.86 Å². The molecule has 0 fully saturated rings. The molecule has 0 spiro atoms. The average molecular weight is 329 g/mol. The summed E-state index contributed by atoms with van der Waals surface area (Å²) in [5.74, 6) is -1.42. The van der Waals surface area contributed by atoms with Crippen LogP contribution in [-0.4, -0.2) is 45.9 Å². The van der Waals surface area contributed by atoms with Gasteiger partial charge in [-0.05, 0) is 30.4 Å². The van der Waals surface area contributed by atoms with Gasteiger partial charge in [0.2, 0.25) is 0 Å². The summed E-state index contributed by atoms with van der Waals surface area (Å²) >= 11 is 0. The zero-order valence-corrected chi connectivity index (χ0v) is 13.4. The molecule has 0 bridgehead atoms. The minimum atomic E-state index is -1.16. The molecule has 1 aliphatic carbocycles. The van der Waals surface area contributed by atoms with Crippen molar-refractivity contribution in [1.29, 1.82) is 0 Å². The Bertz CT molecular complexity index is 756. The molecule has 0 radical (unpaired) electrons. The minimum Gasteiger partial charge on any atom is -0.477 e. The standard InChI is InChI=1S/C17H19N3O4/c1-24-20(16(21)14-9-15(17(22)23)19-18-14)10-12-7-4-6-11-5-2-3-8-13(11)12/h2-3,5,8-9,12H,4,6-7,10H2,1H3,(H,18,19)(H,22,23). The molecule has 2 aromatic rings. The predicted octanol–water partition coefficient (Wildman–Crippen LogP) is 2.23. The third-order valence-electron chi connectivity index (χ3n) is 4.35. The molecule has 2 N–H and O–H groups in total. The number of fused-ring (bicyclic) bond motifs is 1. The Hall–Kier alpha value is -2.67. The van der Waals surface area contributed by atoms with Gasteiger partial charge in [-0.1, -0.05) is 24.3 Å². The fourth-order valence-corrected chi connectivity index (χ4v) is 3.15. The van der Waals surface area contributed by atoms with E-state index >= 15 is 0 Å². The number of rotatable bonds is 5. The van der Waals surface area contributed by atoms with E-state index in [1.54, 1.807) is 0 Å². The Labute approximate surface area is 139 Å². The van der Waals surface area contributed by atoms with Gasteiger partial charge in [0, 0.05) is 12.0 Å². The van der Waals surface area contributed by atoms with Gasteiger partial charge >= 0.3 is 5.97 Å². The first-order valence-electron chi connectivity index (χ1n) is 7.82. The molecule has 0 aliphatic heterocycles. The third kappa shape index (κ3) is 3.16. The normalized spacial score (nSPS) is 16.5. The van der Waals surface area contributed by atoms with Crippen LogP contribution in [0.15, 0.2) is 30.3 Å². The highest BCUT2D eigenvalue weighted by Gasteiger charge is 2.27. The zero-order valence-electron chi connectivity index (χ0n) is 13.4. The van der Waals surface area contributed by atoms with E-state index in [0.717, 1.165) is 19.3 Å². The van der Waals surface area contributed by atoms with Crippen LogP contribution in [-0.2, 0) is 11.3 Å². The van der Waals surface area contributed by atoms with E-state index in [1.165, 1.54) is 29.4 Å².